The summed E-state index contributed by atoms with van der Waals surface area (Å²) in [7, 11) is 0. The first kappa shape index (κ1) is 11.5. The Morgan fingerprint density at radius 2 is 2.33 bits per heavy atom. The van der Waals surface area contributed by atoms with Crippen molar-refractivity contribution < 1.29 is 4.74 Å². The molecule has 2 atom stereocenters. The van der Waals surface area contributed by atoms with Crippen molar-refractivity contribution in [3.05, 3.63) is 23.9 Å². The lowest BCUT2D eigenvalue weighted by Crippen LogP contribution is -2.39. The van der Waals surface area contributed by atoms with Gasteiger partial charge in [0.25, 0.3) is 0 Å². The van der Waals surface area contributed by atoms with Gasteiger partial charge in [-0.15, -0.1) is 0 Å². The van der Waals surface area contributed by atoms with Crippen molar-refractivity contribution in [1.29, 1.82) is 5.26 Å². The summed E-state index contributed by atoms with van der Waals surface area (Å²) in [6, 6.07) is 6.30. The molecule has 0 bridgehead atoms. The van der Waals surface area contributed by atoms with Crippen LogP contribution in [0.1, 0.15) is 31.2 Å². The highest BCUT2D eigenvalue weighted by molar-refractivity contribution is 5.55. The van der Waals surface area contributed by atoms with Crippen molar-refractivity contribution >= 4 is 5.82 Å². The molecular formula is C14H17N3O. The van der Waals surface area contributed by atoms with E-state index >= 15 is 0 Å². The molecule has 2 fully saturated rings. The van der Waals surface area contributed by atoms with Crippen molar-refractivity contribution in [2.75, 3.05) is 18.1 Å². The van der Waals surface area contributed by atoms with Gasteiger partial charge in [-0.25, -0.2) is 4.98 Å². The van der Waals surface area contributed by atoms with Crippen LogP contribution in [-0.4, -0.2) is 30.3 Å². The topological polar surface area (TPSA) is 49.2 Å². The summed E-state index contributed by atoms with van der Waals surface area (Å²) >= 11 is 0. The summed E-state index contributed by atoms with van der Waals surface area (Å²) in [6.45, 7) is 1.86. The van der Waals surface area contributed by atoms with Crippen LogP contribution in [0.5, 0.6) is 0 Å². The number of anilines is 1. The number of nitriles is 1. The number of ether oxygens (including phenoxy) is 1. The fourth-order valence-corrected chi connectivity index (χ4v) is 3.06. The van der Waals surface area contributed by atoms with Crippen molar-refractivity contribution in [1.82, 2.24) is 4.98 Å². The van der Waals surface area contributed by atoms with Gasteiger partial charge in [-0.2, -0.15) is 5.26 Å². The Kier molecular flexibility index (Phi) is 3.16. The third-order valence-electron chi connectivity index (χ3n) is 3.87. The molecule has 0 saturated carbocycles. The molecule has 0 amide bonds. The number of rotatable bonds is 2. The van der Waals surface area contributed by atoms with E-state index in [4.69, 9.17) is 4.74 Å². The van der Waals surface area contributed by atoms with Crippen molar-refractivity contribution in [3.63, 3.8) is 0 Å². The molecule has 1 aromatic rings. The number of hydrogen-bond acceptors (Lipinski definition) is 4. The van der Waals surface area contributed by atoms with E-state index < -0.39 is 0 Å². The SMILES string of the molecule is N#Cc1cccnc1N1CCCC1C1CCCO1. The van der Waals surface area contributed by atoms with Gasteiger partial charge in [0.15, 0.2) is 0 Å². The Hall–Kier alpha value is -1.60. The van der Waals surface area contributed by atoms with Gasteiger partial charge in [-0.05, 0) is 37.8 Å². The Morgan fingerprint density at radius 1 is 1.39 bits per heavy atom. The molecule has 2 aliphatic rings. The normalized spacial score (nSPS) is 27.4. The Bertz CT molecular complexity index is 462. The monoisotopic (exact) mass is 243 g/mol. The van der Waals surface area contributed by atoms with Gasteiger partial charge in [0.2, 0.25) is 0 Å². The van der Waals surface area contributed by atoms with Crippen LogP contribution < -0.4 is 4.90 Å². The molecule has 18 heavy (non-hydrogen) atoms. The molecule has 94 valence electrons. The van der Waals surface area contributed by atoms with Crippen LogP contribution in [0.2, 0.25) is 0 Å². The number of hydrogen-bond donors (Lipinski definition) is 0. The van der Waals surface area contributed by atoms with Crippen LogP contribution in [0.25, 0.3) is 0 Å². The fraction of sp³-hybridized carbons (Fsp3) is 0.571. The van der Waals surface area contributed by atoms with Gasteiger partial charge in [-0.1, -0.05) is 0 Å². The van der Waals surface area contributed by atoms with E-state index in [-0.39, 0.29) is 0 Å². The predicted octanol–water partition coefficient (Wildman–Crippen LogP) is 2.10. The van der Waals surface area contributed by atoms with Gasteiger partial charge < -0.3 is 9.64 Å². The van der Waals surface area contributed by atoms with Crippen molar-refractivity contribution in [2.24, 2.45) is 0 Å². The van der Waals surface area contributed by atoms with E-state index in [0.29, 0.717) is 17.7 Å². The van der Waals surface area contributed by atoms with E-state index in [1.165, 1.54) is 0 Å². The van der Waals surface area contributed by atoms with Gasteiger partial charge in [0, 0.05) is 19.3 Å². The predicted molar refractivity (Wildman–Crippen MR) is 68.3 cm³/mol. The summed E-state index contributed by atoms with van der Waals surface area (Å²) in [5.74, 6) is 0.831. The lowest BCUT2D eigenvalue weighted by molar-refractivity contribution is 0.0908. The maximum atomic E-state index is 9.18. The number of pyridine rings is 1. The van der Waals surface area contributed by atoms with Crippen LogP contribution in [0, 0.1) is 11.3 Å². The molecule has 0 radical (unpaired) electrons. The van der Waals surface area contributed by atoms with E-state index in [0.717, 1.165) is 44.7 Å². The third-order valence-corrected chi connectivity index (χ3v) is 3.87. The summed E-state index contributed by atoms with van der Waals surface area (Å²) in [6.07, 6.45) is 6.68. The highest BCUT2D eigenvalue weighted by Gasteiger charge is 2.35. The molecule has 0 spiro atoms. The van der Waals surface area contributed by atoms with E-state index in [9.17, 15) is 5.26 Å². The van der Waals surface area contributed by atoms with Gasteiger partial charge in [-0.3, -0.25) is 0 Å². The molecule has 2 saturated heterocycles. The first-order valence-electron chi connectivity index (χ1n) is 6.63. The van der Waals surface area contributed by atoms with E-state index in [1.807, 2.05) is 12.1 Å². The highest BCUT2D eigenvalue weighted by atomic mass is 16.5. The maximum absolute atomic E-state index is 9.18. The standard InChI is InChI=1S/C14H17N3O/c15-10-11-4-1-7-16-14(11)17-8-2-5-12(17)13-6-3-9-18-13/h1,4,7,12-13H,2-3,5-6,8-9H2. The minimum atomic E-state index is 0.320. The summed E-state index contributed by atoms with van der Waals surface area (Å²) in [4.78, 5) is 6.67. The van der Waals surface area contributed by atoms with Crippen molar-refractivity contribution in [2.45, 2.75) is 37.8 Å². The largest absolute Gasteiger partial charge is 0.376 e. The minimum absolute atomic E-state index is 0.320. The van der Waals surface area contributed by atoms with Gasteiger partial charge in [0.05, 0.1) is 17.7 Å². The first-order valence-corrected chi connectivity index (χ1v) is 6.63. The third kappa shape index (κ3) is 1.95. The molecule has 2 unspecified atom stereocenters. The number of nitrogens with zero attached hydrogens (tertiary/aromatic N) is 3. The molecule has 4 heteroatoms. The van der Waals surface area contributed by atoms with Crippen LogP contribution in [-0.2, 0) is 4.74 Å². The number of aromatic nitrogens is 1. The molecule has 3 heterocycles. The first-order chi connectivity index (χ1) is 8.90. The summed E-state index contributed by atoms with van der Waals surface area (Å²) in [5, 5.41) is 9.18. The van der Waals surface area contributed by atoms with Gasteiger partial charge in [0.1, 0.15) is 11.9 Å². The smallest absolute Gasteiger partial charge is 0.146 e. The molecule has 3 rings (SSSR count). The quantitative estimate of drug-likeness (QED) is 0.798. The zero-order chi connectivity index (χ0) is 12.4. The average molecular weight is 243 g/mol. The summed E-state index contributed by atoms with van der Waals surface area (Å²) < 4.78 is 5.81. The highest BCUT2D eigenvalue weighted by Crippen LogP contribution is 2.32. The van der Waals surface area contributed by atoms with Crippen LogP contribution in [0.4, 0.5) is 5.82 Å². The second kappa shape index (κ2) is 4.95. The lowest BCUT2D eigenvalue weighted by atomic mass is 10.1. The van der Waals surface area contributed by atoms with E-state index in [2.05, 4.69) is 16.0 Å². The molecule has 0 aromatic carbocycles. The Balaban J connectivity index is 1.88. The van der Waals surface area contributed by atoms with Crippen LogP contribution in [0.3, 0.4) is 0 Å². The maximum Gasteiger partial charge on any atom is 0.146 e. The van der Waals surface area contributed by atoms with Crippen molar-refractivity contribution in [3.8, 4) is 6.07 Å². The average Bonchev–Trinajstić information content (AvgIpc) is 3.09. The van der Waals surface area contributed by atoms with Crippen LogP contribution in [0.15, 0.2) is 18.3 Å². The lowest BCUT2D eigenvalue weighted by Gasteiger charge is -2.30. The Morgan fingerprint density at radius 3 is 3.11 bits per heavy atom. The molecule has 4 nitrogen and oxygen atoms in total. The minimum Gasteiger partial charge on any atom is -0.376 e. The molecule has 2 aliphatic heterocycles. The Labute approximate surface area is 107 Å². The molecule has 0 aliphatic carbocycles. The van der Waals surface area contributed by atoms with E-state index in [1.54, 1.807) is 6.20 Å². The zero-order valence-electron chi connectivity index (χ0n) is 10.4. The second-order valence-electron chi connectivity index (χ2n) is 4.94. The van der Waals surface area contributed by atoms with Crippen LogP contribution >= 0.6 is 0 Å². The second-order valence-corrected chi connectivity index (χ2v) is 4.94. The molecule has 0 N–H and O–H groups in total. The van der Waals surface area contributed by atoms with Gasteiger partial charge >= 0.3 is 0 Å². The molecule has 1 aromatic heterocycles. The zero-order valence-corrected chi connectivity index (χ0v) is 10.4. The summed E-state index contributed by atoms with van der Waals surface area (Å²) in [5.41, 5.74) is 0.669. The molecular weight excluding hydrogens is 226 g/mol. The fourth-order valence-electron chi connectivity index (χ4n) is 3.06.